The number of amides is 1. The monoisotopic (exact) mass is 324 g/mol. The molecule has 1 aromatic rings. The predicted octanol–water partition coefficient (Wildman–Crippen LogP) is 1.35. The van der Waals surface area contributed by atoms with Crippen LogP contribution >= 0.6 is 0 Å². The molecular weight excluding hydrogens is 296 g/mol. The normalized spacial score (nSPS) is 21.3. The first-order valence-corrected chi connectivity index (χ1v) is 8.31. The van der Waals surface area contributed by atoms with Gasteiger partial charge in [-0.3, -0.25) is 19.9 Å². The second kappa shape index (κ2) is 8.42. The summed E-state index contributed by atoms with van der Waals surface area (Å²) in [6.07, 6.45) is 0. The van der Waals surface area contributed by atoms with E-state index in [2.05, 4.69) is 27.2 Å². The second-order valence-corrected chi connectivity index (χ2v) is 6.07. The first-order chi connectivity index (χ1) is 11.0. The van der Waals surface area contributed by atoms with Gasteiger partial charge in [0.1, 0.15) is 0 Å². The molecule has 0 bridgehead atoms. The summed E-state index contributed by atoms with van der Waals surface area (Å²) in [4.78, 5) is 17.0. The highest BCUT2D eigenvalue weighted by molar-refractivity contribution is 5.93. The lowest BCUT2D eigenvalue weighted by atomic mass is 10.1. The summed E-state index contributed by atoms with van der Waals surface area (Å²) < 4.78 is 10.5. The Morgan fingerprint density at radius 2 is 2.35 bits per heavy atom. The summed E-state index contributed by atoms with van der Waals surface area (Å²) >= 11 is 0. The zero-order chi connectivity index (χ0) is 16.8. The number of aryl methyl sites for hydroxylation is 1. The number of anilines is 1. The molecule has 0 saturated carbocycles. The molecule has 0 aromatic carbocycles. The average molecular weight is 324 g/mol. The van der Waals surface area contributed by atoms with Crippen molar-refractivity contribution >= 4 is 11.8 Å². The Labute approximate surface area is 137 Å². The van der Waals surface area contributed by atoms with Crippen molar-refractivity contribution in [2.24, 2.45) is 0 Å². The summed E-state index contributed by atoms with van der Waals surface area (Å²) in [6.45, 7) is 13.1. The van der Waals surface area contributed by atoms with E-state index >= 15 is 0 Å². The maximum Gasteiger partial charge on any atom is 0.243 e. The minimum atomic E-state index is -0.197. The number of aromatic nitrogens is 1. The van der Waals surface area contributed by atoms with Gasteiger partial charge in [0.05, 0.1) is 18.3 Å². The SMILES string of the molecule is CCOCCN1CCN([C@@H](C)C(=O)Nc2cc(C)no2)C[C@@H]1C. The zero-order valence-corrected chi connectivity index (χ0v) is 14.5. The Morgan fingerprint density at radius 1 is 1.57 bits per heavy atom. The van der Waals surface area contributed by atoms with E-state index in [0.717, 1.165) is 45.1 Å². The molecule has 2 rings (SSSR count). The number of carbonyl (C=O) groups is 1. The van der Waals surface area contributed by atoms with Crippen molar-refractivity contribution in [3.8, 4) is 0 Å². The van der Waals surface area contributed by atoms with Crippen LogP contribution in [0.2, 0.25) is 0 Å². The molecule has 1 aliphatic rings. The quantitative estimate of drug-likeness (QED) is 0.764. The molecule has 0 aliphatic carbocycles. The molecule has 0 radical (unpaired) electrons. The molecule has 7 heteroatoms. The number of hydrogen-bond donors (Lipinski definition) is 1. The Kier molecular flexibility index (Phi) is 6.56. The van der Waals surface area contributed by atoms with Gasteiger partial charge >= 0.3 is 0 Å². The van der Waals surface area contributed by atoms with Crippen molar-refractivity contribution in [1.82, 2.24) is 15.0 Å². The third kappa shape index (κ3) is 5.02. The molecule has 0 unspecified atom stereocenters. The Bertz CT molecular complexity index is 505. The molecule has 1 aromatic heterocycles. The summed E-state index contributed by atoms with van der Waals surface area (Å²) in [7, 11) is 0. The van der Waals surface area contributed by atoms with Crippen LogP contribution in [0.25, 0.3) is 0 Å². The smallest absolute Gasteiger partial charge is 0.243 e. The molecular formula is C16H28N4O3. The van der Waals surface area contributed by atoms with Gasteiger partial charge < -0.3 is 9.26 Å². The number of carbonyl (C=O) groups excluding carboxylic acids is 1. The molecule has 130 valence electrons. The van der Waals surface area contributed by atoms with E-state index in [1.165, 1.54) is 0 Å². The summed E-state index contributed by atoms with van der Waals surface area (Å²) in [5, 5.41) is 6.56. The molecule has 1 N–H and O–H groups in total. The number of piperazine rings is 1. The van der Waals surface area contributed by atoms with Crippen LogP contribution in [0.5, 0.6) is 0 Å². The summed E-state index contributed by atoms with van der Waals surface area (Å²) in [5.74, 6) is 0.346. The standard InChI is InChI=1S/C16H28N4O3/c1-5-22-9-8-19-6-7-20(11-13(19)3)14(4)16(21)17-15-10-12(2)18-23-15/h10,13-14H,5-9,11H2,1-4H3,(H,17,21)/t13-,14-/m0/s1. The van der Waals surface area contributed by atoms with E-state index in [1.54, 1.807) is 6.07 Å². The first-order valence-electron chi connectivity index (χ1n) is 8.31. The molecule has 2 heterocycles. The van der Waals surface area contributed by atoms with Crippen LogP contribution < -0.4 is 5.32 Å². The van der Waals surface area contributed by atoms with Crippen molar-refractivity contribution in [2.75, 3.05) is 44.7 Å². The van der Waals surface area contributed by atoms with Crippen molar-refractivity contribution in [3.05, 3.63) is 11.8 Å². The minimum Gasteiger partial charge on any atom is -0.380 e. The summed E-state index contributed by atoms with van der Waals surface area (Å²) in [5.41, 5.74) is 0.754. The van der Waals surface area contributed by atoms with Crippen LogP contribution in [-0.4, -0.2) is 72.3 Å². The van der Waals surface area contributed by atoms with E-state index in [9.17, 15) is 4.79 Å². The number of ether oxygens (including phenoxy) is 1. The highest BCUT2D eigenvalue weighted by Gasteiger charge is 2.29. The van der Waals surface area contributed by atoms with Crippen LogP contribution in [0.4, 0.5) is 5.88 Å². The Hall–Kier alpha value is -1.44. The van der Waals surface area contributed by atoms with Crippen LogP contribution in [-0.2, 0) is 9.53 Å². The second-order valence-electron chi connectivity index (χ2n) is 6.07. The maximum atomic E-state index is 12.3. The van der Waals surface area contributed by atoms with Gasteiger partial charge in [-0.05, 0) is 27.7 Å². The number of nitrogens with zero attached hydrogens (tertiary/aromatic N) is 3. The third-order valence-electron chi connectivity index (χ3n) is 4.32. The highest BCUT2D eigenvalue weighted by Crippen LogP contribution is 2.14. The molecule has 1 aliphatic heterocycles. The maximum absolute atomic E-state index is 12.3. The molecule has 0 spiro atoms. The molecule has 23 heavy (non-hydrogen) atoms. The van der Waals surface area contributed by atoms with Crippen molar-refractivity contribution in [3.63, 3.8) is 0 Å². The van der Waals surface area contributed by atoms with E-state index in [1.807, 2.05) is 20.8 Å². The van der Waals surface area contributed by atoms with Gasteiger partial charge in [-0.25, -0.2) is 0 Å². The van der Waals surface area contributed by atoms with Gasteiger partial charge in [0.2, 0.25) is 11.8 Å². The topological polar surface area (TPSA) is 70.8 Å². The Balaban J connectivity index is 1.81. The van der Waals surface area contributed by atoms with E-state index in [-0.39, 0.29) is 11.9 Å². The fourth-order valence-electron chi connectivity index (χ4n) is 2.85. The van der Waals surface area contributed by atoms with Crippen LogP contribution in [0.3, 0.4) is 0 Å². The van der Waals surface area contributed by atoms with Gasteiger partial charge in [-0.1, -0.05) is 5.16 Å². The van der Waals surface area contributed by atoms with Crippen molar-refractivity contribution < 1.29 is 14.1 Å². The predicted molar refractivity (Wildman–Crippen MR) is 88.4 cm³/mol. The van der Waals surface area contributed by atoms with Gasteiger partial charge in [-0.2, -0.15) is 0 Å². The molecule has 1 fully saturated rings. The van der Waals surface area contributed by atoms with Crippen LogP contribution in [0, 0.1) is 6.92 Å². The first kappa shape index (κ1) is 17.9. The van der Waals surface area contributed by atoms with Gasteiger partial charge in [0, 0.05) is 44.9 Å². The molecule has 7 nitrogen and oxygen atoms in total. The van der Waals surface area contributed by atoms with E-state index in [4.69, 9.17) is 9.26 Å². The average Bonchev–Trinajstić information content (AvgIpc) is 2.93. The lowest BCUT2D eigenvalue weighted by Gasteiger charge is -2.41. The fraction of sp³-hybridized carbons (Fsp3) is 0.750. The Morgan fingerprint density at radius 3 is 2.96 bits per heavy atom. The number of hydrogen-bond acceptors (Lipinski definition) is 6. The largest absolute Gasteiger partial charge is 0.380 e. The fourth-order valence-corrected chi connectivity index (χ4v) is 2.85. The zero-order valence-electron chi connectivity index (χ0n) is 14.5. The molecule has 1 amide bonds. The van der Waals surface area contributed by atoms with Crippen molar-refractivity contribution in [1.29, 1.82) is 0 Å². The molecule has 1 saturated heterocycles. The van der Waals surface area contributed by atoms with E-state index < -0.39 is 0 Å². The lowest BCUT2D eigenvalue weighted by molar-refractivity contribution is -0.122. The minimum absolute atomic E-state index is 0.0592. The van der Waals surface area contributed by atoms with Gasteiger partial charge in [-0.15, -0.1) is 0 Å². The summed E-state index contributed by atoms with van der Waals surface area (Å²) in [6, 6.07) is 1.93. The highest BCUT2D eigenvalue weighted by atomic mass is 16.5. The van der Waals surface area contributed by atoms with Gasteiger partial charge in [0.15, 0.2) is 0 Å². The van der Waals surface area contributed by atoms with Crippen molar-refractivity contribution in [2.45, 2.75) is 39.8 Å². The van der Waals surface area contributed by atoms with Gasteiger partial charge in [0.25, 0.3) is 0 Å². The van der Waals surface area contributed by atoms with E-state index in [0.29, 0.717) is 11.9 Å². The number of nitrogens with one attached hydrogen (secondary N) is 1. The van der Waals surface area contributed by atoms with Crippen LogP contribution in [0.1, 0.15) is 26.5 Å². The lowest BCUT2D eigenvalue weighted by Crippen LogP contribution is -2.57. The molecule has 2 atom stereocenters. The van der Waals surface area contributed by atoms with Crippen LogP contribution in [0.15, 0.2) is 10.6 Å². The number of rotatable bonds is 7. The third-order valence-corrected chi connectivity index (χ3v) is 4.32.